The summed E-state index contributed by atoms with van der Waals surface area (Å²) < 4.78 is 36.8. The molecule has 2 atom stereocenters. The zero-order valence-corrected chi connectivity index (χ0v) is 17.5. The van der Waals surface area contributed by atoms with E-state index in [-0.39, 0.29) is 19.6 Å². The van der Waals surface area contributed by atoms with Gasteiger partial charge in [-0.1, -0.05) is 42.5 Å². The number of hydrogen-bond donors (Lipinski definition) is 1. The van der Waals surface area contributed by atoms with Crippen LogP contribution >= 0.6 is 0 Å². The van der Waals surface area contributed by atoms with E-state index in [2.05, 4.69) is 5.32 Å². The Labute approximate surface area is 189 Å². The lowest BCUT2D eigenvalue weighted by molar-refractivity contribution is -0.149. The molecule has 2 aliphatic heterocycles. The third kappa shape index (κ3) is 4.51. The Morgan fingerprint density at radius 3 is 2.70 bits per heavy atom. The van der Waals surface area contributed by atoms with Crippen LogP contribution in [0.15, 0.2) is 66.7 Å². The molecule has 5 rings (SSSR count). The van der Waals surface area contributed by atoms with E-state index < -0.39 is 30.1 Å². The molecule has 7 nitrogen and oxygen atoms in total. The van der Waals surface area contributed by atoms with Crippen molar-refractivity contribution in [2.24, 2.45) is 0 Å². The summed E-state index contributed by atoms with van der Waals surface area (Å²) >= 11 is 0. The molecular weight excluding hydrogens is 429 g/mol. The lowest BCUT2D eigenvalue weighted by Gasteiger charge is -2.28. The van der Waals surface area contributed by atoms with Gasteiger partial charge < -0.3 is 24.3 Å². The average molecular weight is 449 g/mol. The predicted octanol–water partition coefficient (Wildman–Crippen LogP) is 4.27. The predicted molar refractivity (Wildman–Crippen MR) is 115 cm³/mol. The number of halogens is 1. The van der Waals surface area contributed by atoms with E-state index in [1.165, 1.54) is 12.1 Å². The summed E-state index contributed by atoms with van der Waals surface area (Å²) in [7, 11) is 0. The maximum absolute atomic E-state index is 14.1. The fourth-order valence-corrected chi connectivity index (χ4v) is 3.75. The molecule has 0 aliphatic carbocycles. The summed E-state index contributed by atoms with van der Waals surface area (Å²) in [5.74, 6) is -0.671. The van der Waals surface area contributed by atoms with Crippen molar-refractivity contribution in [1.82, 2.24) is 0 Å². The standard InChI is InChI=1S/C25H20FNO6/c26-18-10-16(23-17(11-18)14-31-25(33-23)15-6-2-1-3-7-15)13-30-22(28)12-21-24(29)27-19-8-4-5-9-20(19)32-21/h1-11,21,25H,12-14H2,(H,27,29)/t21-,25-/m1/s1. The Morgan fingerprint density at radius 2 is 1.85 bits per heavy atom. The Morgan fingerprint density at radius 1 is 1.06 bits per heavy atom. The molecule has 2 heterocycles. The number of fused-ring (bicyclic) bond motifs is 2. The highest BCUT2D eigenvalue weighted by atomic mass is 19.1. The van der Waals surface area contributed by atoms with Gasteiger partial charge in [-0.25, -0.2) is 4.39 Å². The number of anilines is 1. The van der Waals surface area contributed by atoms with Gasteiger partial charge in [0.2, 0.25) is 6.29 Å². The van der Waals surface area contributed by atoms with Crippen molar-refractivity contribution in [1.29, 1.82) is 0 Å². The summed E-state index contributed by atoms with van der Waals surface area (Å²) in [5.41, 5.74) is 2.27. The molecule has 0 radical (unpaired) electrons. The van der Waals surface area contributed by atoms with Gasteiger partial charge in [-0.2, -0.15) is 0 Å². The number of esters is 1. The van der Waals surface area contributed by atoms with Crippen LogP contribution in [-0.4, -0.2) is 18.0 Å². The number of para-hydroxylation sites is 2. The number of benzene rings is 3. The SMILES string of the molecule is O=C(C[C@H]1Oc2ccccc2NC1=O)OCc1cc(F)cc2c1O[C@H](c1ccccc1)OC2. The van der Waals surface area contributed by atoms with Gasteiger partial charge in [0, 0.05) is 16.7 Å². The van der Waals surface area contributed by atoms with Crippen molar-refractivity contribution in [2.45, 2.75) is 32.0 Å². The van der Waals surface area contributed by atoms with Gasteiger partial charge >= 0.3 is 5.97 Å². The molecule has 3 aromatic carbocycles. The first-order valence-corrected chi connectivity index (χ1v) is 10.4. The number of carbonyl (C=O) groups excluding carboxylic acids is 2. The van der Waals surface area contributed by atoms with Crippen LogP contribution in [0.2, 0.25) is 0 Å². The minimum Gasteiger partial charge on any atom is -0.478 e. The molecule has 0 unspecified atom stereocenters. The molecule has 1 N–H and O–H groups in total. The number of hydrogen-bond acceptors (Lipinski definition) is 6. The molecule has 0 aromatic heterocycles. The summed E-state index contributed by atoms with van der Waals surface area (Å²) in [6.07, 6.45) is -1.95. The smallest absolute Gasteiger partial charge is 0.310 e. The molecule has 0 bridgehead atoms. The normalized spacial score (nSPS) is 18.8. The van der Waals surface area contributed by atoms with Crippen molar-refractivity contribution >= 4 is 17.6 Å². The lowest BCUT2D eigenvalue weighted by Crippen LogP contribution is -2.38. The van der Waals surface area contributed by atoms with Gasteiger partial charge in [0.1, 0.15) is 23.9 Å². The topological polar surface area (TPSA) is 83.1 Å². The first kappa shape index (κ1) is 21.0. The Balaban J connectivity index is 1.26. The molecule has 0 fully saturated rings. The van der Waals surface area contributed by atoms with Crippen LogP contribution in [-0.2, 0) is 32.3 Å². The van der Waals surface area contributed by atoms with Gasteiger partial charge in [-0.05, 0) is 24.3 Å². The van der Waals surface area contributed by atoms with Gasteiger partial charge in [0.15, 0.2) is 6.10 Å². The third-order valence-electron chi connectivity index (χ3n) is 5.34. The van der Waals surface area contributed by atoms with Gasteiger partial charge in [-0.15, -0.1) is 0 Å². The molecule has 168 valence electrons. The van der Waals surface area contributed by atoms with E-state index in [9.17, 15) is 14.0 Å². The van der Waals surface area contributed by atoms with Crippen LogP contribution in [0.25, 0.3) is 0 Å². The highest BCUT2D eigenvalue weighted by molar-refractivity contribution is 5.99. The zero-order chi connectivity index (χ0) is 22.8. The van der Waals surface area contributed by atoms with Crippen LogP contribution in [0, 0.1) is 5.82 Å². The average Bonchev–Trinajstić information content (AvgIpc) is 2.83. The summed E-state index contributed by atoms with van der Waals surface area (Å²) in [5, 5.41) is 2.70. The van der Waals surface area contributed by atoms with Crippen LogP contribution in [0.5, 0.6) is 11.5 Å². The zero-order valence-electron chi connectivity index (χ0n) is 17.5. The quantitative estimate of drug-likeness (QED) is 0.586. The molecule has 0 spiro atoms. The molecule has 8 heteroatoms. The first-order chi connectivity index (χ1) is 16.1. The van der Waals surface area contributed by atoms with Crippen molar-refractivity contribution in [3.05, 3.63) is 89.2 Å². The largest absolute Gasteiger partial charge is 0.478 e. The highest BCUT2D eigenvalue weighted by Gasteiger charge is 2.31. The van der Waals surface area contributed by atoms with E-state index in [1.54, 1.807) is 24.3 Å². The number of ether oxygens (including phenoxy) is 4. The summed E-state index contributed by atoms with van der Waals surface area (Å²) in [6.45, 7) is -0.0611. The Kier molecular flexibility index (Phi) is 5.66. The maximum Gasteiger partial charge on any atom is 0.310 e. The number of rotatable bonds is 5. The fraction of sp³-hybridized carbons (Fsp3) is 0.200. The van der Waals surface area contributed by atoms with Crippen molar-refractivity contribution < 1.29 is 32.9 Å². The summed E-state index contributed by atoms with van der Waals surface area (Å²) in [6, 6.07) is 18.9. The molecule has 2 aliphatic rings. The van der Waals surface area contributed by atoms with E-state index in [0.717, 1.165) is 5.56 Å². The van der Waals surface area contributed by atoms with Gasteiger partial charge in [0.05, 0.1) is 18.7 Å². The van der Waals surface area contributed by atoms with Crippen LogP contribution in [0.4, 0.5) is 10.1 Å². The number of nitrogens with one attached hydrogen (secondary N) is 1. The highest BCUT2D eigenvalue weighted by Crippen LogP contribution is 2.37. The lowest BCUT2D eigenvalue weighted by atomic mass is 10.1. The van der Waals surface area contributed by atoms with Crippen LogP contribution < -0.4 is 14.8 Å². The van der Waals surface area contributed by atoms with Crippen molar-refractivity contribution in [2.75, 3.05) is 5.32 Å². The minimum absolute atomic E-state index is 0.156. The second-order valence-corrected chi connectivity index (χ2v) is 7.68. The molecule has 0 saturated carbocycles. The fourth-order valence-electron chi connectivity index (χ4n) is 3.75. The Hall–Kier alpha value is -3.91. The monoisotopic (exact) mass is 449 g/mol. The van der Waals surface area contributed by atoms with E-state index >= 15 is 0 Å². The molecule has 1 amide bonds. The van der Waals surface area contributed by atoms with Gasteiger partial charge in [-0.3, -0.25) is 9.59 Å². The molecule has 0 saturated heterocycles. The van der Waals surface area contributed by atoms with Crippen molar-refractivity contribution in [3.8, 4) is 11.5 Å². The second-order valence-electron chi connectivity index (χ2n) is 7.68. The van der Waals surface area contributed by atoms with E-state index in [4.69, 9.17) is 18.9 Å². The second kappa shape index (κ2) is 8.91. The van der Waals surface area contributed by atoms with E-state index in [0.29, 0.717) is 28.3 Å². The van der Waals surface area contributed by atoms with Crippen LogP contribution in [0.1, 0.15) is 29.4 Å². The van der Waals surface area contributed by atoms with Gasteiger partial charge in [0.25, 0.3) is 5.91 Å². The van der Waals surface area contributed by atoms with Crippen molar-refractivity contribution in [3.63, 3.8) is 0 Å². The number of carbonyl (C=O) groups is 2. The molecular formula is C25H20FNO6. The molecule has 33 heavy (non-hydrogen) atoms. The first-order valence-electron chi connectivity index (χ1n) is 10.4. The van der Waals surface area contributed by atoms with E-state index in [1.807, 2.05) is 30.3 Å². The summed E-state index contributed by atoms with van der Waals surface area (Å²) in [4.78, 5) is 24.7. The Bertz CT molecular complexity index is 1200. The van der Waals surface area contributed by atoms with Crippen LogP contribution in [0.3, 0.4) is 0 Å². The maximum atomic E-state index is 14.1. The number of amides is 1. The molecule has 3 aromatic rings. The minimum atomic E-state index is -1.01. The third-order valence-corrected chi connectivity index (χ3v) is 5.34.